The normalized spacial score (nSPS) is 10.9. The second-order valence-electron chi connectivity index (χ2n) is 4.10. The van der Waals surface area contributed by atoms with Gasteiger partial charge >= 0.3 is 0 Å². The first-order valence-corrected chi connectivity index (χ1v) is 7.47. The Bertz CT molecular complexity index is 847. The molecule has 2 aromatic rings. The van der Waals surface area contributed by atoms with Crippen molar-refractivity contribution in [1.29, 1.82) is 5.26 Å². The molecule has 8 heteroatoms. The van der Waals surface area contributed by atoms with Crippen LogP contribution in [-0.2, 0) is 10.0 Å². The van der Waals surface area contributed by atoms with E-state index in [4.69, 9.17) is 22.6 Å². The molecule has 0 unspecified atom stereocenters. The van der Waals surface area contributed by atoms with Crippen molar-refractivity contribution in [3.8, 4) is 6.07 Å². The molecule has 0 amide bonds. The predicted octanol–water partition coefficient (Wildman–Crippen LogP) is 2.73. The summed E-state index contributed by atoms with van der Waals surface area (Å²) in [4.78, 5) is -0.264. The number of hydrogen-bond acceptors (Lipinski definition) is 4. The van der Waals surface area contributed by atoms with E-state index in [0.717, 1.165) is 12.1 Å². The molecule has 0 fully saturated rings. The molecule has 0 saturated carbocycles. The zero-order valence-electron chi connectivity index (χ0n) is 10.5. The van der Waals surface area contributed by atoms with Crippen molar-refractivity contribution < 1.29 is 12.8 Å². The number of nitriles is 1. The molecule has 0 spiro atoms. The van der Waals surface area contributed by atoms with Gasteiger partial charge in [0.25, 0.3) is 10.0 Å². The summed E-state index contributed by atoms with van der Waals surface area (Å²) < 4.78 is 39.9. The lowest BCUT2D eigenvalue weighted by Gasteiger charge is -2.11. The van der Waals surface area contributed by atoms with Gasteiger partial charge < -0.3 is 5.73 Å². The molecule has 3 N–H and O–H groups in total. The number of halogens is 2. The highest BCUT2D eigenvalue weighted by Gasteiger charge is 2.20. The van der Waals surface area contributed by atoms with Crippen LogP contribution in [0.15, 0.2) is 41.3 Å². The third-order valence-electron chi connectivity index (χ3n) is 2.59. The number of nitrogens with zero attached hydrogens (tertiary/aromatic N) is 1. The molecule has 0 aliphatic carbocycles. The summed E-state index contributed by atoms with van der Waals surface area (Å²) in [6.07, 6.45) is 0. The molecular weight excluding hydrogens is 317 g/mol. The first-order valence-electron chi connectivity index (χ1n) is 5.61. The number of anilines is 2. The summed E-state index contributed by atoms with van der Waals surface area (Å²) in [6, 6.07) is 8.81. The quantitative estimate of drug-likeness (QED) is 0.848. The van der Waals surface area contributed by atoms with Gasteiger partial charge in [-0.2, -0.15) is 5.26 Å². The summed E-state index contributed by atoms with van der Waals surface area (Å²) >= 11 is 5.81. The summed E-state index contributed by atoms with van der Waals surface area (Å²) in [6.45, 7) is 0. The van der Waals surface area contributed by atoms with E-state index >= 15 is 0 Å². The van der Waals surface area contributed by atoms with Crippen LogP contribution in [0.4, 0.5) is 15.8 Å². The minimum Gasteiger partial charge on any atom is -0.399 e. The fourth-order valence-electron chi connectivity index (χ4n) is 1.64. The highest BCUT2D eigenvalue weighted by molar-refractivity contribution is 7.92. The van der Waals surface area contributed by atoms with Gasteiger partial charge in [0.15, 0.2) is 0 Å². The van der Waals surface area contributed by atoms with Crippen molar-refractivity contribution in [3.05, 3.63) is 52.8 Å². The lowest BCUT2D eigenvalue weighted by Crippen LogP contribution is -2.15. The fraction of sp³-hybridized carbons (Fsp3) is 0. The first-order chi connectivity index (χ1) is 9.83. The maximum absolute atomic E-state index is 13.2. The Morgan fingerprint density at radius 3 is 2.62 bits per heavy atom. The number of rotatable bonds is 3. The van der Waals surface area contributed by atoms with E-state index in [0.29, 0.717) is 0 Å². The molecular formula is C13H9ClFN3O2S. The van der Waals surface area contributed by atoms with E-state index in [2.05, 4.69) is 4.72 Å². The van der Waals surface area contributed by atoms with Crippen molar-refractivity contribution in [3.63, 3.8) is 0 Å². The van der Waals surface area contributed by atoms with Crippen LogP contribution in [0.5, 0.6) is 0 Å². The maximum atomic E-state index is 13.2. The highest BCUT2D eigenvalue weighted by Crippen LogP contribution is 2.27. The van der Waals surface area contributed by atoms with Gasteiger partial charge in [0.05, 0.1) is 16.3 Å². The van der Waals surface area contributed by atoms with Gasteiger partial charge in [-0.15, -0.1) is 0 Å². The molecule has 5 nitrogen and oxygen atoms in total. The smallest absolute Gasteiger partial charge is 0.263 e. The molecule has 0 bridgehead atoms. The van der Waals surface area contributed by atoms with Gasteiger partial charge in [0.2, 0.25) is 0 Å². The van der Waals surface area contributed by atoms with Crippen LogP contribution in [0.2, 0.25) is 5.02 Å². The lowest BCUT2D eigenvalue weighted by molar-refractivity contribution is 0.601. The van der Waals surface area contributed by atoms with Gasteiger partial charge in [-0.3, -0.25) is 4.72 Å². The molecule has 0 heterocycles. The standard InChI is InChI=1S/C13H9ClFN3O2S/c14-11-3-1-9(15)6-12(11)18-21(19,20)13-4-2-10(17)5-8(13)7-16/h1-6,18H,17H2. The van der Waals surface area contributed by atoms with E-state index in [1.165, 1.54) is 24.3 Å². The van der Waals surface area contributed by atoms with E-state index in [1.807, 2.05) is 0 Å². The van der Waals surface area contributed by atoms with Crippen molar-refractivity contribution in [2.45, 2.75) is 4.90 Å². The highest BCUT2D eigenvalue weighted by atomic mass is 35.5. The minimum absolute atomic E-state index is 0.0360. The van der Waals surface area contributed by atoms with Gasteiger partial charge in [-0.25, -0.2) is 12.8 Å². The number of sulfonamides is 1. The molecule has 2 rings (SSSR count). The Morgan fingerprint density at radius 2 is 1.95 bits per heavy atom. The van der Waals surface area contributed by atoms with Gasteiger partial charge in [0, 0.05) is 5.69 Å². The van der Waals surface area contributed by atoms with E-state index < -0.39 is 15.8 Å². The van der Waals surface area contributed by atoms with E-state index in [1.54, 1.807) is 6.07 Å². The maximum Gasteiger partial charge on any atom is 0.263 e. The summed E-state index contributed by atoms with van der Waals surface area (Å²) in [5, 5.41) is 9.02. The third kappa shape index (κ3) is 3.24. The molecule has 108 valence electrons. The number of nitrogen functional groups attached to an aromatic ring is 1. The second-order valence-corrected chi connectivity index (χ2v) is 6.16. The number of nitrogens with one attached hydrogen (secondary N) is 1. The molecule has 0 aromatic heterocycles. The van der Waals surface area contributed by atoms with Crippen LogP contribution < -0.4 is 10.5 Å². The summed E-state index contributed by atoms with van der Waals surface area (Å²) in [5.74, 6) is -0.644. The molecule has 0 aliphatic rings. The van der Waals surface area contributed by atoms with Crippen molar-refractivity contribution in [2.24, 2.45) is 0 Å². The van der Waals surface area contributed by atoms with Crippen LogP contribution in [0.1, 0.15) is 5.56 Å². The summed E-state index contributed by atoms with van der Waals surface area (Å²) in [5.41, 5.74) is 5.54. The Hall–Kier alpha value is -2.30. The predicted molar refractivity (Wildman–Crippen MR) is 77.8 cm³/mol. The van der Waals surface area contributed by atoms with Crippen molar-refractivity contribution >= 4 is 33.0 Å². The second kappa shape index (κ2) is 5.60. The van der Waals surface area contributed by atoms with Crippen LogP contribution in [0.3, 0.4) is 0 Å². The monoisotopic (exact) mass is 325 g/mol. The van der Waals surface area contributed by atoms with Gasteiger partial charge in [-0.05, 0) is 36.4 Å². The SMILES string of the molecule is N#Cc1cc(N)ccc1S(=O)(=O)Nc1cc(F)ccc1Cl. The number of benzene rings is 2. The average molecular weight is 326 g/mol. The Morgan fingerprint density at radius 1 is 1.24 bits per heavy atom. The van der Waals surface area contributed by atoms with E-state index in [9.17, 15) is 12.8 Å². The van der Waals surface area contributed by atoms with Crippen molar-refractivity contribution in [2.75, 3.05) is 10.5 Å². The minimum atomic E-state index is -4.09. The zero-order valence-corrected chi connectivity index (χ0v) is 12.0. The van der Waals surface area contributed by atoms with Gasteiger partial charge in [0.1, 0.15) is 16.8 Å². The van der Waals surface area contributed by atoms with E-state index in [-0.39, 0.29) is 26.9 Å². The van der Waals surface area contributed by atoms with Crippen LogP contribution >= 0.6 is 11.6 Å². The molecule has 21 heavy (non-hydrogen) atoms. The Labute approximate surface area is 125 Å². The number of nitrogens with two attached hydrogens (primary N) is 1. The molecule has 0 aliphatic heterocycles. The fourth-order valence-corrected chi connectivity index (χ4v) is 3.08. The Balaban J connectivity index is 2.49. The van der Waals surface area contributed by atoms with Crippen LogP contribution in [-0.4, -0.2) is 8.42 Å². The molecule has 2 aromatic carbocycles. The molecule has 0 saturated heterocycles. The zero-order chi connectivity index (χ0) is 15.6. The third-order valence-corrected chi connectivity index (χ3v) is 4.34. The molecule has 0 radical (unpaired) electrons. The summed E-state index contributed by atoms with van der Waals surface area (Å²) in [7, 11) is -4.09. The first kappa shape index (κ1) is 15.1. The number of hydrogen-bond donors (Lipinski definition) is 2. The topological polar surface area (TPSA) is 96.0 Å². The molecule has 0 atom stereocenters. The van der Waals surface area contributed by atoms with Crippen molar-refractivity contribution in [1.82, 2.24) is 0 Å². The van der Waals surface area contributed by atoms with Gasteiger partial charge in [-0.1, -0.05) is 11.6 Å². The van der Waals surface area contributed by atoms with Crippen LogP contribution in [0.25, 0.3) is 0 Å². The largest absolute Gasteiger partial charge is 0.399 e. The van der Waals surface area contributed by atoms with Crippen LogP contribution in [0, 0.1) is 17.1 Å². The average Bonchev–Trinajstić information content (AvgIpc) is 2.42. The Kier molecular flexibility index (Phi) is 4.02. The lowest BCUT2D eigenvalue weighted by atomic mass is 10.2.